The Hall–Kier alpha value is -0.740. The summed E-state index contributed by atoms with van der Waals surface area (Å²) in [4.78, 5) is 2.31. The van der Waals surface area contributed by atoms with E-state index in [-0.39, 0.29) is 11.2 Å². The number of hydrogen-bond acceptors (Lipinski definition) is 3. The molecule has 20 heavy (non-hydrogen) atoms. The van der Waals surface area contributed by atoms with E-state index < -0.39 is 0 Å². The normalized spacial score (nSPS) is 13.6. The minimum Gasteiger partial charge on any atom is -0.503 e. The topological polar surface area (TPSA) is 32.7 Å². The van der Waals surface area contributed by atoms with Crippen LogP contribution in [-0.4, -0.2) is 29.7 Å². The van der Waals surface area contributed by atoms with Gasteiger partial charge in [-0.15, -0.1) is 0 Å². The van der Waals surface area contributed by atoms with Crippen LogP contribution in [0.3, 0.4) is 0 Å². The highest BCUT2D eigenvalue weighted by atomic mass is 79.9. The molecule has 1 rings (SSSR count). The van der Waals surface area contributed by atoms with Crippen LogP contribution in [-0.2, 0) is 6.54 Å². The molecule has 0 saturated carbocycles. The Balaban J connectivity index is 2.93. The zero-order valence-electron chi connectivity index (χ0n) is 13.3. The summed E-state index contributed by atoms with van der Waals surface area (Å²) in [5.74, 6) is 0.704. The summed E-state index contributed by atoms with van der Waals surface area (Å²) in [6, 6.07) is 4.31. The fourth-order valence-electron chi connectivity index (χ4n) is 2.07. The Bertz CT molecular complexity index is 455. The second-order valence-electron chi connectivity index (χ2n) is 6.31. The monoisotopic (exact) mass is 343 g/mol. The molecule has 0 aliphatic heterocycles. The SMILES string of the molecule is CCOc1cc(CN(C)C(C)C(C)(C)C)cc(Br)c1O. The molecule has 0 saturated heterocycles. The average Bonchev–Trinajstić information content (AvgIpc) is 2.33. The number of phenolic OH excluding ortho intramolecular Hbond substituents is 1. The van der Waals surface area contributed by atoms with Crippen molar-refractivity contribution in [2.75, 3.05) is 13.7 Å². The minimum absolute atomic E-state index is 0.169. The lowest BCUT2D eigenvalue weighted by molar-refractivity contribution is 0.134. The van der Waals surface area contributed by atoms with Crippen LogP contribution in [0.15, 0.2) is 16.6 Å². The Labute approximate surface area is 131 Å². The molecule has 1 atom stereocenters. The number of ether oxygens (including phenoxy) is 1. The van der Waals surface area contributed by atoms with Gasteiger partial charge in [-0.05, 0) is 59.9 Å². The van der Waals surface area contributed by atoms with Gasteiger partial charge >= 0.3 is 0 Å². The molecule has 0 spiro atoms. The standard InChI is InChI=1S/C16H26BrNO2/c1-7-20-14-9-12(8-13(17)15(14)19)10-18(6)11(2)16(3,4)5/h8-9,11,19H,7,10H2,1-6H3. The summed E-state index contributed by atoms with van der Waals surface area (Å²) < 4.78 is 6.15. The molecule has 0 radical (unpaired) electrons. The molecule has 1 unspecified atom stereocenters. The summed E-state index contributed by atoms with van der Waals surface area (Å²) in [7, 11) is 2.12. The first-order chi connectivity index (χ1) is 9.16. The average molecular weight is 344 g/mol. The fraction of sp³-hybridized carbons (Fsp3) is 0.625. The Morgan fingerprint density at radius 2 is 1.95 bits per heavy atom. The quantitative estimate of drug-likeness (QED) is 0.858. The molecule has 1 aromatic carbocycles. The van der Waals surface area contributed by atoms with Crippen molar-refractivity contribution in [3.05, 3.63) is 22.2 Å². The molecular weight excluding hydrogens is 318 g/mol. The van der Waals surface area contributed by atoms with E-state index in [2.05, 4.69) is 55.6 Å². The van der Waals surface area contributed by atoms with E-state index in [0.717, 1.165) is 12.1 Å². The second-order valence-corrected chi connectivity index (χ2v) is 7.17. The fourth-order valence-corrected chi connectivity index (χ4v) is 2.56. The molecule has 0 heterocycles. The van der Waals surface area contributed by atoms with Crippen LogP contribution < -0.4 is 4.74 Å². The van der Waals surface area contributed by atoms with Crippen molar-refractivity contribution < 1.29 is 9.84 Å². The van der Waals surface area contributed by atoms with Crippen molar-refractivity contribution in [3.8, 4) is 11.5 Å². The molecule has 0 aliphatic carbocycles. The molecule has 1 aromatic rings. The number of nitrogens with zero attached hydrogens (tertiary/aromatic N) is 1. The molecule has 3 nitrogen and oxygen atoms in total. The molecule has 114 valence electrons. The first kappa shape index (κ1) is 17.3. The van der Waals surface area contributed by atoms with E-state index in [9.17, 15) is 5.11 Å². The number of hydrogen-bond donors (Lipinski definition) is 1. The maximum Gasteiger partial charge on any atom is 0.172 e. The summed E-state index contributed by atoms with van der Waals surface area (Å²) in [6.07, 6.45) is 0. The molecule has 0 aromatic heterocycles. The highest BCUT2D eigenvalue weighted by molar-refractivity contribution is 9.10. The molecule has 0 fully saturated rings. The van der Waals surface area contributed by atoms with Crippen molar-refractivity contribution >= 4 is 15.9 Å². The Morgan fingerprint density at radius 3 is 2.45 bits per heavy atom. The zero-order valence-corrected chi connectivity index (χ0v) is 14.9. The van der Waals surface area contributed by atoms with Crippen molar-refractivity contribution in [2.24, 2.45) is 5.41 Å². The van der Waals surface area contributed by atoms with Gasteiger partial charge in [-0.1, -0.05) is 20.8 Å². The van der Waals surface area contributed by atoms with Gasteiger partial charge in [-0.2, -0.15) is 0 Å². The highest BCUT2D eigenvalue weighted by Crippen LogP contribution is 2.36. The Kier molecular flexibility index (Phi) is 5.90. The van der Waals surface area contributed by atoms with Crippen LogP contribution >= 0.6 is 15.9 Å². The van der Waals surface area contributed by atoms with Gasteiger partial charge in [0, 0.05) is 12.6 Å². The van der Waals surface area contributed by atoms with E-state index in [1.165, 1.54) is 0 Å². The largest absolute Gasteiger partial charge is 0.503 e. The third kappa shape index (κ3) is 4.38. The number of rotatable bonds is 5. The number of aromatic hydroxyl groups is 1. The van der Waals surface area contributed by atoms with E-state index in [4.69, 9.17) is 4.74 Å². The van der Waals surface area contributed by atoms with Gasteiger partial charge in [-0.25, -0.2) is 0 Å². The number of benzene rings is 1. The molecule has 4 heteroatoms. The number of phenols is 1. The zero-order chi connectivity index (χ0) is 15.5. The first-order valence-corrected chi connectivity index (χ1v) is 7.80. The lowest BCUT2D eigenvalue weighted by atomic mass is 9.87. The minimum atomic E-state index is 0.169. The van der Waals surface area contributed by atoms with E-state index in [1.54, 1.807) is 0 Å². The van der Waals surface area contributed by atoms with Crippen LogP contribution in [0.2, 0.25) is 0 Å². The van der Waals surface area contributed by atoms with Gasteiger partial charge in [0.25, 0.3) is 0 Å². The number of halogens is 1. The van der Waals surface area contributed by atoms with Gasteiger partial charge in [0.15, 0.2) is 11.5 Å². The smallest absolute Gasteiger partial charge is 0.172 e. The molecule has 1 N–H and O–H groups in total. The van der Waals surface area contributed by atoms with Crippen molar-refractivity contribution in [1.29, 1.82) is 0 Å². The lowest BCUT2D eigenvalue weighted by Gasteiger charge is -2.35. The van der Waals surface area contributed by atoms with Gasteiger partial charge in [0.2, 0.25) is 0 Å². The first-order valence-electron chi connectivity index (χ1n) is 7.01. The second kappa shape index (κ2) is 6.81. The molecular formula is C16H26BrNO2. The highest BCUT2D eigenvalue weighted by Gasteiger charge is 2.24. The lowest BCUT2D eigenvalue weighted by Crippen LogP contribution is -2.38. The van der Waals surface area contributed by atoms with Gasteiger partial charge < -0.3 is 9.84 Å². The summed E-state index contributed by atoms with van der Waals surface area (Å²) >= 11 is 3.38. The van der Waals surface area contributed by atoms with Crippen molar-refractivity contribution in [3.63, 3.8) is 0 Å². The van der Waals surface area contributed by atoms with E-state index in [0.29, 0.717) is 22.9 Å². The van der Waals surface area contributed by atoms with Crippen LogP contribution in [0.1, 0.15) is 40.2 Å². The van der Waals surface area contributed by atoms with Gasteiger partial charge in [-0.3, -0.25) is 4.90 Å². The summed E-state index contributed by atoms with van der Waals surface area (Å²) in [5, 5.41) is 9.94. The summed E-state index contributed by atoms with van der Waals surface area (Å²) in [5.41, 5.74) is 1.35. The maximum absolute atomic E-state index is 9.94. The third-order valence-corrected chi connectivity index (χ3v) is 4.34. The Morgan fingerprint density at radius 1 is 1.35 bits per heavy atom. The van der Waals surface area contributed by atoms with E-state index in [1.807, 2.05) is 19.1 Å². The predicted octanol–water partition coefficient (Wildman–Crippen LogP) is 4.42. The van der Waals surface area contributed by atoms with Crippen LogP contribution in [0.4, 0.5) is 0 Å². The van der Waals surface area contributed by atoms with Gasteiger partial charge in [0.1, 0.15) is 0 Å². The van der Waals surface area contributed by atoms with Crippen molar-refractivity contribution in [2.45, 2.75) is 47.2 Å². The molecule has 0 aliphatic rings. The summed E-state index contributed by atoms with van der Waals surface area (Å²) in [6.45, 7) is 12.2. The maximum atomic E-state index is 9.94. The van der Waals surface area contributed by atoms with Crippen LogP contribution in [0, 0.1) is 5.41 Å². The molecule has 0 bridgehead atoms. The van der Waals surface area contributed by atoms with Crippen LogP contribution in [0.25, 0.3) is 0 Å². The van der Waals surface area contributed by atoms with Crippen LogP contribution in [0.5, 0.6) is 11.5 Å². The van der Waals surface area contributed by atoms with Gasteiger partial charge in [0.05, 0.1) is 11.1 Å². The predicted molar refractivity (Wildman–Crippen MR) is 87.4 cm³/mol. The molecule has 0 amide bonds. The van der Waals surface area contributed by atoms with Crippen molar-refractivity contribution in [1.82, 2.24) is 4.90 Å². The third-order valence-electron chi connectivity index (χ3n) is 3.73. The van der Waals surface area contributed by atoms with E-state index >= 15 is 0 Å².